The van der Waals surface area contributed by atoms with Gasteiger partial charge in [0.1, 0.15) is 5.57 Å². The van der Waals surface area contributed by atoms with Crippen LogP contribution >= 0.6 is 0 Å². The summed E-state index contributed by atoms with van der Waals surface area (Å²) in [6.45, 7) is 14.7. The van der Waals surface area contributed by atoms with Crippen molar-refractivity contribution in [2.45, 2.75) is 113 Å². The first-order valence-electron chi connectivity index (χ1n) is 13.1. The van der Waals surface area contributed by atoms with Gasteiger partial charge in [-0.15, -0.1) is 0 Å². The zero-order valence-electron chi connectivity index (χ0n) is 22.4. The lowest BCUT2D eigenvalue weighted by molar-refractivity contribution is -0.150. The standard InChI is InChI=1S/C29H48O4/c1-21(25(22-14-10-8-11-15-22)23-16-12-9-13-17-23)18-24(26(30)32-19-28(2,3)4)27(31)33-20-29(5,6)7/h18,22-23H,8-17,19-20H2,1-7H3. The average molecular weight is 461 g/mol. The highest BCUT2D eigenvalue weighted by molar-refractivity contribution is 6.14. The van der Waals surface area contributed by atoms with Gasteiger partial charge in [0, 0.05) is 0 Å². The first kappa shape index (κ1) is 27.7. The molecule has 0 saturated heterocycles. The molecule has 0 bridgehead atoms. The van der Waals surface area contributed by atoms with Crippen LogP contribution in [0, 0.1) is 22.7 Å². The van der Waals surface area contributed by atoms with Crippen LogP contribution in [-0.4, -0.2) is 25.2 Å². The number of allylic oxidation sites excluding steroid dienone is 3. The van der Waals surface area contributed by atoms with E-state index in [2.05, 4.69) is 6.92 Å². The van der Waals surface area contributed by atoms with Crippen LogP contribution in [0.4, 0.5) is 0 Å². The molecule has 0 aromatic carbocycles. The van der Waals surface area contributed by atoms with Crippen molar-refractivity contribution in [1.82, 2.24) is 0 Å². The van der Waals surface area contributed by atoms with Gasteiger partial charge in [0.15, 0.2) is 0 Å². The Morgan fingerprint density at radius 1 is 0.697 bits per heavy atom. The summed E-state index contributed by atoms with van der Waals surface area (Å²) in [6.07, 6.45) is 14.4. The van der Waals surface area contributed by atoms with Gasteiger partial charge in [-0.05, 0) is 61.3 Å². The molecule has 0 aliphatic heterocycles. The van der Waals surface area contributed by atoms with E-state index in [0.717, 1.165) is 5.57 Å². The first-order valence-corrected chi connectivity index (χ1v) is 13.1. The number of hydrogen-bond acceptors (Lipinski definition) is 4. The molecule has 0 aromatic rings. The van der Waals surface area contributed by atoms with Gasteiger partial charge in [-0.25, -0.2) is 9.59 Å². The van der Waals surface area contributed by atoms with Crippen molar-refractivity contribution in [2.75, 3.05) is 13.2 Å². The quantitative estimate of drug-likeness (QED) is 0.129. The molecule has 0 amide bonds. The summed E-state index contributed by atoms with van der Waals surface area (Å²) < 4.78 is 11.1. The van der Waals surface area contributed by atoms with Gasteiger partial charge in [0.25, 0.3) is 0 Å². The van der Waals surface area contributed by atoms with Crippen LogP contribution in [0.1, 0.15) is 113 Å². The molecular formula is C29H48O4. The van der Waals surface area contributed by atoms with Gasteiger partial charge in [-0.2, -0.15) is 0 Å². The summed E-state index contributed by atoms with van der Waals surface area (Å²) in [5.74, 6) is -0.0178. The van der Waals surface area contributed by atoms with E-state index in [1.54, 1.807) is 6.08 Å². The fourth-order valence-electron chi connectivity index (χ4n) is 5.03. The predicted octanol–water partition coefficient (Wildman–Crippen LogP) is 7.57. The van der Waals surface area contributed by atoms with Crippen molar-refractivity contribution in [3.63, 3.8) is 0 Å². The van der Waals surface area contributed by atoms with E-state index in [-0.39, 0.29) is 29.6 Å². The summed E-state index contributed by atoms with van der Waals surface area (Å²) in [4.78, 5) is 26.1. The maximum Gasteiger partial charge on any atom is 0.345 e. The van der Waals surface area contributed by atoms with Gasteiger partial charge in [0.2, 0.25) is 0 Å². The van der Waals surface area contributed by atoms with Crippen molar-refractivity contribution < 1.29 is 19.1 Å². The number of rotatable bonds is 7. The minimum atomic E-state index is -0.574. The second-order valence-corrected chi connectivity index (χ2v) is 12.6. The molecule has 2 aliphatic carbocycles. The molecule has 188 valence electrons. The Labute approximate surface area is 202 Å². The lowest BCUT2D eigenvalue weighted by atomic mass is 9.72. The third-order valence-corrected chi connectivity index (χ3v) is 6.62. The highest BCUT2D eigenvalue weighted by Crippen LogP contribution is 2.41. The summed E-state index contributed by atoms with van der Waals surface area (Å²) in [5.41, 5.74) is 2.25. The highest BCUT2D eigenvalue weighted by Gasteiger charge is 2.30. The Morgan fingerprint density at radius 2 is 1.06 bits per heavy atom. The van der Waals surface area contributed by atoms with E-state index in [0.29, 0.717) is 11.8 Å². The Kier molecular flexibility index (Phi) is 10.2. The van der Waals surface area contributed by atoms with Gasteiger partial charge >= 0.3 is 11.9 Å². The molecule has 0 heterocycles. The van der Waals surface area contributed by atoms with Crippen molar-refractivity contribution in [3.8, 4) is 0 Å². The van der Waals surface area contributed by atoms with E-state index in [9.17, 15) is 9.59 Å². The molecule has 0 radical (unpaired) electrons. The molecule has 4 heteroatoms. The van der Waals surface area contributed by atoms with E-state index >= 15 is 0 Å². The molecule has 4 nitrogen and oxygen atoms in total. The van der Waals surface area contributed by atoms with E-state index in [1.165, 1.54) is 69.8 Å². The number of hydrogen-bond donors (Lipinski definition) is 0. The zero-order valence-corrected chi connectivity index (χ0v) is 22.4. The van der Waals surface area contributed by atoms with Crippen molar-refractivity contribution >= 4 is 11.9 Å². The number of esters is 2. The van der Waals surface area contributed by atoms with Crippen LogP contribution in [0.25, 0.3) is 0 Å². The highest BCUT2D eigenvalue weighted by atomic mass is 16.6. The number of carbonyl (C=O) groups is 2. The molecule has 0 aromatic heterocycles. The summed E-state index contributed by atoms with van der Waals surface area (Å²) in [6, 6.07) is 0. The van der Waals surface area contributed by atoms with Crippen LogP contribution in [0.3, 0.4) is 0 Å². The third-order valence-electron chi connectivity index (χ3n) is 6.62. The molecule has 2 aliphatic rings. The normalized spacial score (nSPS) is 18.4. The predicted molar refractivity (Wildman–Crippen MR) is 135 cm³/mol. The molecular weight excluding hydrogens is 412 g/mol. The Balaban J connectivity index is 2.40. The topological polar surface area (TPSA) is 52.6 Å². The smallest absolute Gasteiger partial charge is 0.345 e. The molecule has 2 fully saturated rings. The largest absolute Gasteiger partial charge is 0.461 e. The van der Waals surface area contributed by atoms with Crippen LogP contribution < -0.4 is 0 Å². The summed E-state index contributed by atoms with van der Waals surface area (Å²) in [5, 5.41) is 0. The minimum absolute atomic E-state index is 0.0325. The second-order valence-electron chi connectivity index (χ2n) is 12.6. The van der Waals surface area contributed by atoms with Crippen LogP contribution in [0.2, 0.25) is 0 Å². The van der Waals surface area contributed by atoms with Crippen molar-refractivity contribution in [2.24, 2.45) is 22.7 Å². The fraction of sp³-hybridized carbons (Fsp3) is 0.793. The van der Waals surface area contributed by atoms with E-state index < -0.39 is 11.9 Å². The molecule has 0 N–H and O–H groups in total. The van der Waals surface area contributed by atoms with Gasteiger partial charge in [-0.3, -0.25) is 0 Å². The molecule has 2 rings (SSSR count). The van der Waals surface area contributed by atoms with Gasteiger partial charge in [-0.1, -0.05) is 91.2 Å². The lowest BCUT2D eigenvalue weighted by Crippen LogP contribution is -2.26. The minimum Gasteiger partial charge on any atom is -0.461 e. The maximum atomic E-state index is 13.1. The molecule has 0 spiro atoms. The average Bonchev–Trinajstić information content (AvgIpc) is 2.75. The number of carbonyl (C=O) groups excluding carboxylic acids is 2. The Hall–Kier alpha value is -1.58. The Bertz CT molecular complexity index is 666. The monoisotopic (exact) mass is 460 g/mol. The first-order chi connectivity index (χ1) is 15.4. The Morgan fingerprint density at radius 3 is 1.39 bits per heavy atom. The second kappa shape index (κ2) is 12.2. The summed E-state index contributed by atoms with van der Waals surface area (Å²) in [7, 11) is 0. The van der Waals surface area contributed by atoms with Crippen LogP contribution in [0.5, 0.6) is 0 Å². The number of ether oxygens (including phenoxy) is 2. The molecule has 33 heavy (non-hydrogen) atoms. The van der Waals surface area contributed by atoms with Gasteiger partial charge in [0.05, 0.1) is 13.2 Å². The molecule has 2 saturated carbocycles. The van der Waals surface area contributed by atoms with Crippen molar-refractivity contribution in [3.05, 3.63) is 22.8 Å². The van der Waals surface area contributed by atoms with Crippen LogP contribution in [0.15, 0.2) is 22.8 Å². The van der Waals surface area contributed by atoms with Gasteiger partial charge < -0.3 is 9.47 Å². The van der Waals surface area contributed by atoms with E-state index in [4.69, 9.17) is 9.47 Å². The maximum absolute atomic E-state index is 13.1. The SMILES string of the molecule is CC(C=C(C(=O)OCC(C)(C)C)C(=O)OCC(C)(C)C)=C(C1CCCCC1)C1CCCCC1. The zero-order chi connectivity index (χ0) is 24.6. The summed E-state index contributed by atoms with van der Waals surface area (Å²) >= 11 is 0. The molecule has 0 atom stereocenters. The fourth-order valence-corrected chi connectivity index (χ4v) is 5.03. The van der Waals surface area contributed by atoms with E-state index in [1.807, 2.05) is 41.5 Å². The third kappa shape index (κ3) is 9.66. The molecule has 0 unspecified atom stereocenters. The van der Waals surface area contributed by atoms with Crippen molar-refractivity contribution in [1.29, 1.82) is 0 Å². The van der Waals surface area contributed by atoms with Crippen LogP contribution in [-0.2, 0) is 19.1 Å². The lowest BCUT2D eigenvalue weighted by Gasteiger charge is -2.34.